The molecule has 8 heteroatoms. The van der Waals surface area contributed by atoms with Crippen molar-refractivity contribution in [3.63, 3.8) is 0 Å². The number of carbonyl (C=O) groups excluding carboxylic acids is 2. The van der Waals surface area contributed by atoms with Gasteiger partial charge in [-0.3, -0.25) is 4.79 Å². The van der Waals surface area contributed by atoms with Crippen molar-refractivity contribution in [3.8, 4) is 16.9 Å². The van der Waals surface area contributed by atoms with Crippen molar-refractivity contribution in [2.75, 3.05) is 19.0 Å². The fourth-order valence-electron chi connectivity index (χ4n) is 2.84. The quantitative estimate of drug-likeness (QED) is 0.473. The van der Waals surface area contributed by atoms with Crippen LogP contribution in [0.25, 0.3) is 11.1 Å². The molecule has 0 saturated carbocycles. The van der Waals surface area contributed by atoms with Gasteiger partial charge < -0.3 is 14.8 Å². The Morgan fingerprint density at radius 3 is 2.47 bits per heavy atom. The highest BCUT2D eigenvalue weighted by atomic mass is 32.1. The molecule has 158 valence electrons. The zero-order valence-electron chi connectivity index (χ0n) is 17.4. The van der Waals surface area contributed by atoms with Gasteiger partial charge in [0, 0.05) is 22.2 Å². The van der Waals surface area contributed by atoms with E-state index in [-0.39, 0.29) is 18.9 Å². The molecule has 0 saturated heterocycles. The van der Waals surface area contributed by atoms with Crippen LogP contribution < -0.4 is 10.1 Å². The maximum Gasteiger partial charge on any atom is 0.341 e. The summed E-state index contributed by atoms with van der Waals surface area (Å²) in [5.41, 5.74) is 2.65. The second-order valence-electron chi connectivity index (χ2n) is 6.86. The number of amides is 1. The minimum Gasteiger partial charge on any atom is -0.497 e. The van der Waals surface area contributed by atoms with E-state index in [1.54, 1.807) is 25.4 Å². The molecular formula is C22H24N2O4S2. The summed E-state index contributed by atoms with van der Waals surface area (Å²) in [4.78, 5) is 29.8. The van der Waals surface area contributed by atoms with Gasteiger partial charge in [-0.05, 0) is 24.6 Å². The van der Waals surface area contributed by atoms with Crippen molar-refractivity contribution in [2.24, 2.45) is 0 Å². The van der Waals surface area contributed by atoms with E-state index in [9.17, 15) is 9.59 Å². The second kappa shape index (κ2) is 9.86. The number of anilines is 1. The first kappa shape index (κ1) is 22.0. The first-order chi connectivity index (χ1) is 14.4. The van der Waals surface area contributed by atoms with Gasteiger partial charge in [-0.2, -0.15) is 0 Å². The molecule has 0 spiro atoms. The van der Waals surface area contributed by atoms with Crippen LogP contribution in [-0.4, -0.2) is 30.6 Å². The molecule has 0 aliphatic heterocycles. The van der Waals surface area contributed by atoms with Gasteiger partial charge in [0.25, 0.3) is 0 Å². The zero-order valence-corrected chi connectivity index (χ0v) is 19.0. The summed E-state index contributed by atoms with van der Waals surface area (Å²) in [5, 5.41) is 8.10. The molecule has 1 aromatic carbocycles. The Balaban J connectivity index is 1.84. The summed E-state index contributed by atoms with van der Waals surface area (Å²) >= 11 is 2.85. The summed E-state index contributed by atoms with van der Waals surface area (Å²) in [6, 6.07) is 7.40. The third kappa shape index (κ3) is 5.06. The summed E-state index contributed by atoms with van der Waals surface area (Å²) in [6.07, 6.45) is 0.154. The van der Waals surface area contributed by atoms with Gasteiger partial charge in [0.15, 0.2) is 0 Å². The number of ether oxygens (including phenoxy) is 2. The normalized spacial score (nSPS) is 10.8. The number of benzene rings is 1. The lowest BCUT2D eigenvalue weighted by Crippen LogP contribution is -2.16. The highest BCUT2D eigenvalue weighted by molar-refractivity contribution is 7.15. The van der Waals surface area contributed by atoms with Gasteiger partial charge in [0.1, 0.15) is 16.3 Å². The van der Waals surface area contributed by atoms with Crippen LogP contribution in [0, 0.1) is 0 Å². The van der Waals surface area contributed by atoms with E-state index in [1.165, 1.54) is 11.3 Å². The minimum absolute atomic E-state index is 0.154. The van der Waals surface area contributed by atoms with Crippen molar-refractivity contribution < 1.29 is 19.1 Å². The summed E-state index contributed by atoms with van der Waals surface area (Å²) in [6.45, 7) is 6.15. The molecule has 0 atom stereocenters. The standard InChI is InChI=1S/C22H24N2O4S2/c1-5-28-22(26)19-17(14-6-8-16(27-4)9-7-14)12-30-21(19)24-18(25)10-15-11-29-20(23-15)13(2)3/h6-9,11-13H,5,10H2,1-4H3,(H,24,25). The number of methoxy groups -OCH3 is 1. The largest absolute Gasteiger partial charge is 0.497 e. The number of thiazole rings is 1. The maximum absolute atomic E-state index is 12.7. The lowest BCUT2D eigenvalue weighted by Gasteiger charge is -2.09. The molecule has 0 fully saturated rings. The number of carbonyl (C=O) groups is 2. The second-order valence-corrected chi connectivity index (χ2v) is 8.63. The van der Waals surface area contributed by atoms with Gasteiger partial charge >= 0.3 is 5.97 Å². The van der Waals surface area contributed by atoms with Crippen LogP contribution in [0.5, 0.6) is 5.75 Å². The first-order valence-corrected chi connectivity index (χ1v) is 11.4. The molecular weight excluding hydrogens is 420 g/mol. The lowest BCUT2D eigenvalue weighted by molar-refractivity contribution is -0.115. The van der Waals surface area contributed by atoms with E-state index >= 15 is 0 Å². The van der Waals surface area contributed by atoms with E-state index in [1.807, 2.05) is 35.0 Å². The number of hydrogen-bond acceptors (Lipinski definition) is 7. The Bertz CT molecular complexity index is 1020. The van der Waals surface area contributed by atoms with E-state index in [2.05, 4.69) is 24.1 Å². The molecule has 3 rings (SSSR count). The predicted octanol–water partition coefficient (Wildman–Crippen LogP) is 5.36. The van der Waals surface area contributed by atoms with Crippen LogP contribution in [0.1, 0.15) is 47.7 Å². The molecule has 3 aromatic rings. The highest BCUT2D eigenvalue weighted by Gasteiger charge is 2.23. The Hall–Kier alpha value is -2.71. The van der Waals surface area contributed by atoms with Crippen LogP contribution >= 0.6 is 22.7 Å². The maximum atomic E-state index is 12.7. The molecule has 2 aromatic heterocycles. The Morgan fingerprint density at radius 2 is 1.87 bits per heavy atom. The van der Waals surface area contributed by atoms with Crippen molar-refractivity contribution in [2.45, 2.75) is 33.1 Å². The van der Waals surface area contributed by atoms with Gasteiger partial charge in [0.2, 0.25) is 5.91 Å². The molecule has 0 unspecified atom stereocenters. The number of nitrogens with zero attached hydrogens (tertiary/aromatic N) is 1. The molecule has 6 nitrogen and oxygen atoms in total. The van der Waals surface area contributed by atoms with Crippen LogP contribution in [0.15, 0.2) is 35.0 Å². The third-order valence-corrected chi connectivity index (χ3v) is 6.42. The van der Waals surface area contributed by atoms with E-state index in [0.29, 0.717) is 22.0 Å². The average Bonchev–Trinajstić information content (AvgIpc) is 3.35. The van der Waals surface area contributed by atoms with Crippen LogP contribution in [0.2, 0.25) is 0 Å². The Labute approximate surface area is 183 Å². The number of rotatable bonds is 8. The summed E-state index contributed by atoms with van der Waals surface area (Å²) < 4.78 is 10.4. The minimum atomic E-state index is -0.462. The molecule has 1 amide bonds. The van der Waals surface area contributed by atoms with E-state index in [4.69, 9.17) is 9.47 Å². The number of nitrogens with one attached hydrogen (secondary N) is 1. The third-order valence-electron chi connectivity index (χ3n) is 4.33. The predicted molar refractivity (Wildman–Crippen MR) is 121 cm³/mol. The van der Waals surface area contributed by atoms with Crippen molar-refractivity contribution in [1.29, 1.82) is 0 Å². The molecule has 2 heterocycles. The van der Waals surface area contributed by atoms with Crippen molar-refractivity contribution >= 4 is 39.6 Å². The topological polar surface area (TPSA) is 77.5 Å². The lowest BCUT2D eigenvalue weighted by atomic mass is 10.0. The van der Waals surface area contributed by atoms with Gasteiger partial charge in [-0.15, -0.1) is 22.7 Å². The van der Waals surface area contributed by atoms with Crippen molar-refractivity contribution in [3.05, 3.63) is 51.3 Å². The summed E-state index contributed by atoms with van der Waals surface area (Å²) in [7, 11) is 1.60. The molecule has 1 N–H and O–H groups in total. The molecule has 0 aliphatic rings. The van der Waals surface area contributed by atoms with Gasteiger partial charge in [0.05, 0.1) is 30.8 Å². The van der Waals surface area contributed by atoms with Crippen LogP contribution in [0.4, 0.5) is 5.00 Å². The highest BCUT2D eigenvalue weighted by Crippen LogP contribution is 2.37. The number of esters is 1. The number of hydrogen-bond donors (Lipinski definition) is 1. The fourth-order valence-corrected chi connectivity index (χ4v) is 4.65. The SMILES string of the molecule is CCOC(=O)c1c(-c2ccc(OC)cc2)csc1NC(=O)Cc1csc(C(C)C)n1. The van der Waals surface area contributed by atoms with E-state index in [0.717, 1.165) is 22.0 Å². The summed E-state index contributed by atoms with van der Waals surface area (Å²) in [5.74, 6) is 0.371. The number of aromatic nitrogens is 1. The van der Waals surface area contributed by atoms with Gasteiger partial charge in [-0.1, -0.05) is 26.0 Å². The fraction of sp³-hybridized carbons (Fsp3) is 0.318. The monoisotopic (exact) mass is 444 g/mol. The Morgan fingerprint density at radius 1 is 1.13 bits per heavy atom. The van der Waals surface area contributed by atoms with Crippen LogP contribution in [-0.2, 0) is 16.0 Å². The first-order valence-electron chi connectivity index (χ1n) is 9.60. The van der Waals surface area contributed by atoms with Gasteiger partial charge in [-0.25, -0.2) is 9.78 Å². The van der Waals surface area contributed by atoms with Crippen LogP contribution in [0.3, 0.4) is 0 Å². The zero-order chi connectivity index (χ0) is 21.7. The molecule has 0 aliphatic carbocycles. The molecule has 30 heavy (non-hydrogen) atoms. The Kier molecular flexibility index (Phi) is 7.23. The average molecular weight is 445 g/mol. The smallest absolute Gasteiger partial charge is 0.341 e. The van der Waals surface area contributed by atoms with Crippen molar-refractivity contribution in [1.82, 2.24) is 4.98 Å². The molecule has 0 bridgehead atoms. The molecule has 0 radical (unpaired) electrons. The van der Waals surface area contributed by atoms with E-state index < -0.39 is 5.97 Å². The number of thiophene rings is 1.